The van der Waals surface area contributed by atoms with Crippen molar-refractivity contribution in [1.82, 2.24) is 5.43 Å². The molecule has 5 nitrogen and oxygen atoms in total. The number of hydrazone groups is 1. The van der Waals surface area contributed by atoms with E-state index < -0.39 is 6.09 Å². The van der Waals surface area contributed by atoms with Gasteiger partial charge in [-0.05, 0) is 36.8 Å². The molecule has 5 heteroatoms. The van der Waals surface area contributed by atoms with Gasteiger partial charge < -0.3 is 9.84 Å². The lowest BCUT2D eigenvalue weighted by molar-refractivity contribution is 0.171. The predicted octanol–water partition coefficient (Wildman–Crippen LogP) is 1.47. The van der Waals surface area contributed by atoms with Gasteiger partial charge in [-0.3, -0.25) is 0 Å². The first-order valence-corrected chi connectivity index (χ1v) is 4.31. The van der Waals surface area contributed by atoms with Gasteiger partial charge >= 0.3 is 6.09 Å². The van der Waals surface area contributed by atoms with Crippen molar-refractivity contribution in [1.29, 1.82) is 0 Å². The van der Waals surface area contributed by atoms with Crippen molar-refractivity contribution in [2.75, 3.05) is 7.11 Å². The fraction of sp³-hybridized carbons (Fsp3) is 0.200. The summed E-state index contributed by atoms with van der Waals surface area (Å²) in [6.45, 7) is 1.74. The van der Waals surface area contributed by atoms with Gasteiger partial charge in [-0.1, -0.05) is 0 Å². The molecule has 0 spiro atoms. The minimum atomic E-state index is -0.617. The normalized spacial score (nSPS) is 10.9. The number of hydrogen-bond acceptors (Lipinski definition) is 4. The number of hydrogen-bond donors (Lipinski definition) is 2. The summed E-state index contributed by atoms with van der Waals surface area (Å²) in [5.41, 5.74) is 3.64. The lowest BCUT2D eigenvalue weighted by atomic mass is 10.1. The summed E-state index contributed by atoms with van der Waals surface area (Å²) < 4.78 is 4.36. The van der Waals surface area contributed by atoms with Crippen LogP contribution in [0.2, 0.25) is 0 Å². The van der Waals surface area contributed by atoms with Crippen LogP contribution >= 0.6 is 0 Å². The van der Waals surface area contributed by atoms with Crippen molar-refractivity contribution in [3.05, 3.63) is 29.8 Å². The number of phenolic OH excluding ortho intramolecular Hbond substituents is 1. The van der Waals surface area contributed by atoms with Gasteiger partial charge in [0, 0.05) is 0 Å². The summed E-state index contributed by atoms with van der Waals surface area (Å²) in [5.74, 6) is 0.187. The van der Waals surface area contributed by atoms with Crippen LogP contribution in [-0.4, -0.2) is 24.0 Å². The second-order valence-corrected chi connectivity index (χ2v) is 2.85. The summed E-state index contributed by atoms with van der Waals surface area (Å²) >= 11 is 0. The van der Waals surface area contributed by atoms with Crippen LogP contribution < -0.4 is 5.43 Å². The first-order chi connectivity index (χ1) is 7.13. The standard InChI is InChI=1S/C10H12N2O3/c1-7(11-12-10(14)15-2)8-3-5-9(13)6-4-8/h3-6,13H,1-2H3,(H,12,14)/b11-7+. The Balaban J connectivity index is 2.71. The van der Waals surface area contributed by atoms with Gasteiger partial charge in [-0.2, -0.15) is 5.10 Å². The molecular weight excluding hydrogens is 196 g/mol. The van der Waals surface area contributed by atoms with Gasteiger partial charge in [-0.15, -0.1) is 0 Å². The Bertz CT molecular complexity index is 371. The first kappa shape index (κ1) is 11.0. The number of aromatic hydroxyl groups is 1. The molecule has 0 aliphatic heterocycles. The number of methoxy groups -OCH3 is 1. The lowest BCUT2D eigenvalue weighted by Gasteiger charge is -2.01. The Morgan fingerprint density at radius 3 is 2.53 bits per heavy atom. The molecule has 0 saturated heterocycles. The number of phenols is 1. The zero-order valence-electron chi connectivity index (χ0n) is 8.52. The molecule has 80 valence electrons. The quantitative estimate of drug-likeness (QED) is 0.571. The van der Waals surface area contributed by atoms with Gasteiger partial charge in [-0.25, -0.2) is 10.2 Å². The third-order valence-electron chi connectivity index (χ3n) is 1.79. The second-order valence-electron chi connectivity index (χ2n) is 2.85. The van der Waals surface area contributed by atoms with Gasteiger partial charge in [0.15, 0.2) is 0 Å². The Hall–Kier alpha value is -2.04. The molecule has 0 heterocycles. The highest BCUT2D eigenvalue weighted by Gasteiger charge is 1.99. The zero-order chi connectivity index (χ0) is 11.3. The number of benzene rings is 1. The maximum atomic E-state index is 10.7. The summed E-state index contributed by atoms with van der Waals surface area (Å²) in [5, 5.41) is 12.9. The largest absolute Gasteiger partial charge is 0.508 e. The molecule has 0 fully saturated rings. The van der Waals surface area contributed by atoms with Crippen LogP contribution in [0.4, 0.5) is 4.79 Å². The minimum Gasteiger partial charge on any atom is -0.508 e. The van der Waals surface area contributed by atoms with Crippen molar-refractivity contribution in [2.45, 2.75) is 6.92 Å². The van der Waals surface area contributed by atoms with Crippen LogP contribution in [0.15, 0.2) is 29.4 Å². The smallest absolute Gasteiger partial charge is 0.427 e. The maximum Gasteiger partial charge on any atom is 0.427 e. The van der Waals surface area contributed by atoms with Crippen LogP contribution in [0.1, 0.15) is 12.5 Å². The predicted molar refractivity (Wildman–Crippen MR) is 55.9 cm³/mol. The van der Waals surface area contributed by atoms with E-state index in [0.717, 1.165) is 5.56 Å². The topological polar surface area (TPSA) is 70.9 Å². The highest BCUT2D eigenvalue weighted by molar-refractivity contribution is 5.99. The van der Waals surface area contributed by atoms with Crippen molar-refractivity contribution in [2.24, 2.45) is 5.10 Å². The summed E-state index contributed by atoms with van der Waals surface area (Å²) in [6, 6.07) is 6.50. The van der Waals surface area contributed by atoms with E-state index in [2.05, 4.69) is 15.3 Å². The molecule has 2 N–H and O–H groups in total. The van der Waals surface area contributed by atoms with Gasteiger partial charge in [0.2, 0.25) is 0 Å². The van der Waals surface area contributed by atoms with E-state index in [0.29, 0.717) is 5.71 Å². The highest BCUT2D eigenvalue weighted by Crippen LogP contribution is 2.10. The molecule has 1 rings (SSSR count). The van der Waals surface area contributed by atoms with E-state index in [1.807, 2.05) is 0 Å². The van der Waals surface area contributed by atoms with Gasteiger partial charge in [0.25, 0.3) is 0 Å². The SMILES string of the molecule is COC(=O)N/N=C(\C)c1ccc(O)cc1. The Morgan fingerprint density at radius 1 is 1.40 bits per heavy atom. The van der Waals surface area contributed by atoms with Crippen molar-refractivity contribution in [3.8, 4) is 5.75 Å². The number of carbonyl (C=O) groups is 1. The minimum absolute atomic E-state index is 0.187. The fourth-order valence-electron chi connectivity index (χ4n) is 0.942. The fourth-order valence-corrected chi connectivity index (χ4v) is 0.942. The number of carbonyl (C=O) groups excluding carboxylic acids is 1. The maximum absolute atomic E-state index is 10.7. The molecule has 0 aliphatic rings. The molecule has 0 atom stereocenters. The molecule has 0 unspecified atom stereocenters. The lowest BCUT2D eigenvalue weighted by Crippen LogP contribution is -2.18. The average Bonchev–Trinajstić information content (AvgIpc) is 2.26. The third kappa shape index (κ3) is 3.30. The molecule has 1 aromatic rings. The average molecular weight is 208 g/mol. The second kappa shape index (κ2) is 4.99. The van der Waals surface area contributed by atoms with E-state index in [1.165, 1.54) is 7.11 Å². The number of rotatable bonds is 2. The molecule has 1 amide bonds. The molecule has 0 saturated carbocycles. The zero-order valence-corrected chi connectivity index (χ0v) is 8.52. The van der Waals surface area contributed by atoms with Crippen molar-refractivity contribution < 1.29 is 14.6 Å². The summed E-state index contributed by atoms with van der Waals surface area (Å²) in [7, 11) is 1.26. The number of nitrogens with one attached hydrogen (secondary N) is 1. The molecule has 1 aromatic carbocycles. The third-order valence-corrected chi connectivity index (χ3v) is 1.79. The number of nitrogens with zero attached hydrogens (tertiary/aromatic N) is 1. The van der Waals surface area contributed by atoms with Crippen molar-refractivity contribution >= 4 is 11.8 Å². The van der Waals surface area contributed by atoms with Gasteiger partial charge in [0.1, 0.15) is 5.75 Å². The number of ether oxygens (including phenoxy) is 1. The van der Waals surface area contributed by atoms with E-state index in [-0.39, 0.29) is 5.75 Å². The summed E-state index contributed by atoms with van der Waals surface area (Å²) in [6.07, 6.45) is -0.617. The van der Waals surface area contributed by atoms with E-state index in [1.54, 1.807) is 31.2 Å². The Morgan fingerprint density at radius 2 is 2.00 bits per heavy atom. The van der Waals surface area contributed by atoms with Gasteiger partial charge in [0.05, 0.1) is 12.8 Å². The van der Waals surface area contributed by atoms with E-state index in [4.69, 9.17) is 5.11 Å². The highest BCUT2D eigenvalue weighted by atomic mass is 16.5. The van der Waals surface area contributed by atoms with Crippen LogP contribution in [0.25, 0.3) is 0 Å². The molecule has 0 bridgehead atoms. The van der Waals surface area contributed by atoms with E-state index in [9.17, 15) is 4.79 Å². The van der Waals surface area contributed by atoms with Crippen molar-refractivity contribution in [3.63, 3.8) is 0 Å². The van der Waals surface area contributed by atoms with E-state index >= 15 is 0 Å². The van der Waals surface area contributed by atoms with Crippen LogP contribution in [-0.2, 0) is 4.74 Å². The summed E-state index contributed by atoms with van der Waals surface area (Å²) in [4.78, 5) is 10.7. The number of amides is 1. The van der Waals surface area contributed by atoms with Crippen LogP contribution in [0.5, 0.6) is 5.75 Å². The van der Waals surface area contributed by atoms with Crippen LogP contribution in [0, 0.1) is 0 Å². The monoisotopic (exact) mass is 208 g/mol. The van der Waals surface area contributed by atoms with Crippen LogP contribution in [0.3, 0.4) is 0 Å². The molecular formula is C10H12N2O3. The Labute approximate surface area is 87.4 Å². The molecule has 0 aromatic heterocycles. The Kier molecular flexibility index (Phi) is 3.68. The molecule has 0 aliphatic carbocycles. The first-order valence-electron chi connectivity index (χ1n) is 4.31. The molecule has 0 radical (unpaired) electrons. The molecule has 15 heavy (non-hydrogen) atoms.